The number of halogens is 2. The second kappa shape index (κ2) is 14.8. The number of nitrogens with zero attached hydrogens (tertiary/aromatic N) is 4. The first-order valence-corrected chi connectivity index (χ1v) is 18.6. The summed E-state index contributed by atoms with van der Waals surface area (Å²) in [7, 11) is -3.11. The second-order valence-corrected chi connectivity index (χ2v) is 15.4. The molecule has 2 aliphatic heterocycles. The van der Waals surface area contributed by atoms with E-state index in [2.05, 4.69) is 28.4 Å². The first-order chi connectivity index (χ1) is 22.4. The number of alkyl halides is 2. The Morgan fingerprint density at radius 1 is 1.06 bits per heavy atom. The maximum atomic E-state index is 15.8. The zero-order chi connectivity index (χ0) is 33.8. The third kappa shape index (κ3) is 8.00. The molecule has 0 aliphatic carbocycles. The van der Waals surface area contributed by atoms with Gasteiger partial charge in [0.25, 0.3) is 11.5 Å². The summed E-state index contributed by atoms with van der Waals surface area (Å²) < 4.78 is 57.7. The quantitative estimate of drug-likeness (QED) is 0.156. The maximum absolute atomic E-state index is 15.8. The standard InChI is InChI=1S/C36H47F2N5O3S/c1-5-7-8-9-18-43-34-32(24-31(35(43)44)27-15-21-47(45,46)22-16-27)33(40-26(4)41-34)39-25(3)28-11-10-12-30(23-28)36(37,38)29-13-19-42(17-6-2)20-14-29/h5-6,10-12,23-25,27,29H,1-2,7-9,13-22H2,3-4H3,(H,39,40,41). The molecule has 8 nitrogen and oxygen atoms in total. The molecule has 0 bridgehead atoms. The molecule has 2 aromatic heterocycles. The van der Waals surface area contributed by atoms with E-state index >= 15 is 8.78 Å². The topological polar surface area (TPSA) is 97.2 Å². The number of sulfone groups is 1. The van der Waals surface area contributed by atoms with E-state index in [0.717, 1.165) is 19.3 Å². The van der Waals surface area contributed by atoms with E-state index in [4.69, 9.17) is 4.98 Å². The van der Waals surface area contributed by atoms with E-state index in [1.807, 2.05) is 31.2 Å². The molecule has 5 rings (SSSR count). The minimum absolute atomic E-state index is 0.0115. The average Bonchev–Trinajstić information content (AvgIpc) is 3.04. The van der Waals surface area contributed by atoms with Crippen molar-refractivity contribution in [1.82, 2.24) is 19.4 Å². The lowest BCUT2D eigenvalue weighted by atomic mass is 9.85. The summed E-state index contributed by atoms with van der Waals surface area (Å²) in [5.41, 5.74) is 1.64. The Bertz CT molecular complexity index is 1750. The number of pyridine rings is 1. The number of unbranched alkanes of at least 4 members (excludes halogenated alkanes) is 2. The van der Waals surface area contributed by atoms with Gasteiger partial charge in [-0.05, 0) is 95.5 Å². The van der Waals surface area contributed by atoms with Crippen LogP contribution in [-0.2, 0) is 22.3 Å². The van der Waals surface area contributed by atoms with Gasteiger partial charge < -0.3 is 5.32 Å². The Morgan fingerprint density at radius 3 is 2.47 bits per heavy atom. The Balaban J connectivity index is 1.47. The van der Waals surface area contributed by atoms with Crippen molar-refractivity contribution in [2.45, 2.75) is 83.2 Å². The molecule has 254 valence electrons. The molecule has 1 atom stereocenters. The molecule has 1 unspecified atom stereocenters. The number of rotatable bonds is 13. The van der Waals surface area contributed by atoms with E-state index in [1.165, 1.54) is 6.07 Å². The van der Waals surface area contributed by atoms with Gasteiger partial charge >= 0.3 is 0 Å². The third-order valence-corrected chi connectivity index (χ3v) is 11.4. The van der Waals surface area contributed by atoms with Crippen molar-refractivity contribution in [3.63, 3.8) is 0 Å². The molecular formula is C36H47F2N5O3S. The van der Waals surface area contributed by atoms with Crippen LogP contribution in [0.1, 0.15) is 86.3 Å². The van der Waals surface area contributed by atoms with Crippen LogP contribution in [0.5, 0.6) is 0 Å². The monoisotopic (exact) mass is 667 g/mol. The summed E-state index contributed by atoms with van der Waals surface area (Å²) in [5, 5.41) is 4.10. The van der Waals surface area contributed by atoms with Crippen molar-refractivity contribution < 1.29 is 17.2 Å². The molecule has 2 saturated heterocycles. The number of likely N-dealkylation sites (tertiary alicyclic amines) is 1. The second-order valence-electron chi connectivity index (χ2n) is 13.1. The predicted molar refractivity (Wildman–Crippen MR) is 185 cm³/mol. The molecule has 0 spiro atoms. The number of anilines is 1. The molecule has 0 amide bonds. The van der Waals surface area contributed by atoms with Crippen molar-refractivity contribution in [2.24, 2.45) is 5.92 Å². The highest BCUT2D eigenvalue weighted by molar-refractivity contribution is 7.91. The predicted octanol–water partition coefficient (Wildman–Crippen LogP) is 6.91. The van der Waals surface area contributed by atoms with Gasteiger partial charge in [0, 0.05) is 36.2 Å². The summed E-state index contributed by atoms with van der Waals surface area (Å²) in [5.74, 6) is -2.79. The first-order valence-electron chi connectivity index (χ1n) is 16.7. The minimum Gasteiger partial charge on any atom is -0.363 e. The first kappa shape index (κ1) is 34.9. The van der Waals surface area contributed by atoms with Crippen LogP contribution in [0.4, 0.5) is 14.6 Å². The van der Waals surface area contributed by atoms with Crippen LogP contribution in [0.25, 0.3) is 11.0 Å². The van der Waals surface area contributed by atoms with Crippen LogP contribution in [0.15, 0.2) is 60.4 Å². The molecular weight excluding hydrogens is 620 g/mol. The molecule has 1 N–H and O–H groups in total. The Kier molecular flexibility index (Phi) is 11.0. The highest BCUT2D eigenvalue weighted by Gasteiger charge is 2.42. The smallest absolute Gasteiger partial charge is 0.276 e. The molecule has 1 aromatic carbocycles. The number of piperidine rings is 1. The number of fused-ring (bicyclic) bond motifs is 1. The van der Waals surface area contributed by atoms with Gasteiger partial charge in [0.2, 0.25) is 0 Å². The number of benzene rings is 1. The number of aryl methyl sites for hydroxylation is 2. The fourth-order valence-corrected chi connectivity index (χ4v) is 8.44. The van der Waals surface area contributed by atoms with Gasteiger partial charge in [-0.25, -0.2) is 27.2 Å². The van der Waals surface area contributed by atoms with Crippen molar-refractivity contribution in [3.05, 3.63) is 88.5 Å². The molecule has 4 heterocycles. The Hall–Kier alpha value is -3.44. The largest absolute Gasteiger partial charge is 0.363 e. The third-order valence-electron chi connectivity index (χ3n) is 9.73. The van der Waals surface area contributed by atoms with Gasteiger partial charge in [0.1, 0.15) is 27.1 Å². The van der Waals surface area contributed by atoms with E-state index in [-0.39, 0.29) is 34.6 Å². The van der Waals surface area contributed by atoms with Crippen LogP contribution in [-0.4, -0.2) is 59.0 Å². The highest BCUT2D eigenvalue weighted by atomic mass is 32.2. The molecule has 3 aromatic rings. The van der Waals surface area contributed by atoms with Gasteiger partial charge in [-0.1, -0.05) is 30.4 Å². The normalized spacial score (nSPS) is 18.6. The number of aromatic nitrogens is 3. The summed E-state index contributed by atoms with van der Waals surface area (Å²) >= 11 is 0. The lowest BCUT2D eigenvalue weighted by Gasteiger charge is -2.35. The van der Waals surface area contributed by atoms with Crippen molar-refractivity contribution in [1.29, 1.82) is 0 Å². The lowest BCUT2D eigenvalue weighted by Crippen LogP contribution is -2.39. The van der Waals surface area contributed by atoms with E-state index in [9.17, 15) is 13.2 Å². The van der Waals surface area contributed by atoms with Gasteiger partial charge in [0.15, 0.2) is 0 Å². The molecule has 2 aliphatic rings. The number of allylic oxidation sites excluding steroid dienone is 1. The van der Waals surface area contributed by atoms with Gasteiger partial charge in [-0.3, -0.25) is 14.3 Å². The van der Waals surface area contributed by atoms with Crippen LogP contribution < -0.4 is 10.9 Å². The molecule has 11 heteroatoms. The average molecular weight is 668 g/mol. The van der Waals surface area contributed by atoms with E-state index < -0.39 is 21.7 Å². The fourth-order valence-electron chi connectivity index (χ4n) is 6.94. The highest BCUT2D eigenvalue weighted by Crippen LogP contribution is 2.42. The summed E-state index contributed by atoms with van der Waals surface area (Å²) in [6.45, 7) is 13.7. The summed E-state index contributed by atoms with van der Waals surface area (Å²) in [6, 6.07) is 8.06. The lowest BCUT2D eigenvalue weighted by molar-refractivity contribution is -0.0847. The summed E-state index contributed by atoms with van der Waals surface area (Å²) in [4.78, 5) is 25.5. The SMILES string of the molecule is C=CCCCCn1c(=O)c(C2CCS(=O)(=O)CC2)cc2c(NC(C)c3cccc(C(F)(F)C4CCN(CC=C)CC4)c3)nc(C)nc21. The van der Waals surface area contributed by atoms with Gasteiger partial charge in [0.05, 0.1) is 16.9 Å². The summed E-state index contributed by atoms with van der Waals surface area (Å²) in [6.07, 6.45) is 7.74. The van der Waals surface area contributed by atoms with Crippen molar-refractivity contribution >= 4 is 26.7 Å². The van der Waals surface area contributed by atoms with E-state index in [0.29, 0.717) is 85.7 Å². The van der Waals surface area contributed by atoms with E-state index in [1.54, 1.807) is 23.6 Å². The number of nitrogens with one attached hydrogen (secondary N) is 1. The fraction of sp³-hybridized carbons (Fsp3) is 0.528. The zero-order valence-corrected chi connectivity index (χ0v) is 28.4. The van der Waals surface area contributed by atoms with Crippen LogP contribution in [0.3, 0.4) is 0 Å². The minimum atomic E-state index is -3.11. The zero-order valence-electron chi connectivity index (χ0n) is 27.6. The van der Waals surface area contributed by atoms with Crippen molar-refractivity contribution in [2.75, 3.05) is 36.5 Å². The molecule has 47 heavy (non-hydrogen) atoms. The van der Waals surface area contributed by atoms with Crippen LogP contribution >= 0.6 is 0 Å². The molecule has 2 fully saturated rings. The molecule has 0 radical (unpaired) electrons. The van der Waals surface area contributed by atoms with Gasteiger partial charge in [-0.2, -0.15) is 0 Å². The Morgan fingerprint density at radius 2 is 1.79 bits per heavy atom. The molecule has 0 saturated carbocycles. The Labute approximate surface area is 276 Å². The van der Waals surface area contributed by atoms with Crippen molar-refractivity contribution in [3.8, 4) is 0 Å². The number of hydrogen-bond donors (Lipinski definition) is 1. The number of hydrogen-bond acceptors (Lipinski definition) is 7. The maximum Gasteiger partial charge on any atom is 0.276 e. The van der Waals surface area contributed by atoms with Crippen LogP contribution in [0, 0.1) is 12.8 Å². The van der Waals surface area contributed by atoms with Gasteiger partial charge in [-0.15, -0.1) is 13.2 Å². The van der Waals surface area contributed by atoms with Crippen LogP contribution in [0.2, 0.25) is 0 Å².